The van der Waals surface area contributed by atoms with Crippen LogP contribution in [0.3, 0.4) is 0 Å². The first-order valence-electron chi connectivity index (χ1n) is 8.51. The van der Waals surface area contributed by atoms with Crippen molar-refractivity contribution >= 4 is 17.6 Å². The summed E-state index contributed by atoms with van der Waals surface area (Å²) < 4.78 is 5.51. The van der Waals surface area contributed by atoms with Gasteiger partial charge in [0, 0.05) is 19.6 Å². The van der Waals surface area contributed by atoms with E-state index in [-0.39, 0.29) is 5.97 Å². The molecule has 1 aliphatic rings. The molecule has 1 aliphatic carbocycles. The van der Waals surface area contributed by atoms with Crippen LogP contribution in [0.5, 0.6) is 0 Å². The molecule has 0 bridgehead atoms. The first kappa shape index (κ1) is 17.6. The van der Waals surface area contributed by atoms with Crippen LogP contribution in [0.15, 0.2) is 12.1 Å². The first-order chi connectivity index (χ1) is 10.8. The molecule has 1 saturated carbocycles. The van der Waals surface area contributed by atoms with Gasteiger partial charge in [-0.1, -0.05) is 6.92 Å². The van der Waals surface area contributed by atoms with E-state index in [0.29, 0.717) is 11.6 Å². The average molecular weight is 319 g/mol. The van der Waals surface area contributed by atoms with Crippen LogP contribution in [0.1, 0.15) is 63.7 Å². The third-order valence-electron chi connectivity index (χ3n) is 3.85. The lowest BCUT2D eigenvalue weighted by molar-refractivity contribution is 0.00695. The summed E-state index contributed by atoms with van der Waals surface area (Å²) in [6.07, 6.45) is 4.61. The molecule has 0 radical (unpaired) electrons. The highest BCUT2D eigenvalue weighted by Crippen LogP contribution is 2.25. The molecule has 0 spiro atoms. The summed E-state index contributed by atoms with van der Waals surface area (Å²) in [7, 11) is 2.00. The van der Waals surface area contributed by atoms with E-state index in [1.54, 1.807) is 6.07 Å². The third-order valence-corrected chi connectivity index (χ3v) is 3.85. The summed E-state index contributed by atoms with van der Waals surface area (Å²) in [5, 5.41) is 3.43. The number of carbonyl (C=O) groups is 1. The standard InChI is InChI=1S/C18H29N3O2/c1-6-10-21(5)16-12-13(17(22)23-18(2,3)4)11-15(20-16)19-14-8-7-9-14/h11-12,14H,6-10H2,1-5H3,(H,19,20). The van der Waals surface area contributed by atoms with E-state index in [0.717, 1.165) is 24.6 Å². The molecular formula is C18H29N3O2. The van der Waals surface area contributed by atoms with Crippen molar-refractivity contribution in [1.29, 1.82) is 0 Å². The topological polar surface area (TPSA) is 54.5 Å². The van der Waals surface area contributed by atoms with Crippen LogP contribution in [-0.4, -0.2) is 36.2 Å². The zero-order valence-electron chi connectivity index (χ0n) is 15.0. The van der Waals surface area contributed by atoms with Gasteiger partial charge in [-0.15, -0.1) is 0 Å². The second kappa shape index (κ2) is 7.20. The molecule has 0 amide bonds. The van der Waals surface area contributed by atoms with E-state index >= 15 is 0 Å². The van der Waals surface area contributed by atoms with Gasteiger partial charge in [-0.05, 0) is 58.6 Å². The Morgan fingerprint density at radius 1 is 1.39 bits per heavy atom. The summed E-state index contributed by atoms with van der Waals surface area (Å²) in [4.78, 5) is 19.1. The molecule has 1 aromatic heterocycles. The van der Waals surface area contributed by atoms with Gasteiger partial charge in [0.2, 0.25) is 0 Å². The molecule has 5 nitrogen and oxygen atoms in total. The monoisotopic (exact) mass is 319 g/mol. The maximum atomic E-state index is 12.4. The van der Waals surface area contributed by atoms with Crippen LogP contribution in [0.25, 0.3) is 0 Å². The molecule has 0 aromatic carbocycles. The maximum absolute atomic E-state index is 12.4. The van der Waals surface area contributed by atoms with Gasteiger partial charge in [0.05, 0.1) is 5.56 Å². The minimum absolute atomic E-state index is 0.303. The number of nitrogens with zero attached hydrogens (tertiary/aromatic N) is 2. The summed E-state index contributed by atoms with van der Waals surface area (Å²) in [5.41, 5.74) is 0.0481. The van der Waals surface area contributed by atoms with E-state index in [1.165, 1.54) is 19.3 Å². The number of hydrogen-bond acceptors (Lipinski definition) is 5. The lowest BCUT2D eigenvalue weighted by Crippen LogP contribution is -2.29. The zero-order valence-corrected chi connectivity index (χ0v) is 15.0. The van der Waals surface area contributed by atoms with E-state index < -0.39 is 5.60 Å². The van der Waals surface area contributed by atoms with Crippen LogP contribution in [0.2, 0.25) is 0 Å². The predicted molar refractivity (Wildman–Crippen MR) is 94.2 cm³/mol. The molecule has 0 unspecified atom stereocenters. The molecule has 0 saturated heterocycles. The van der Waals surface area contributed by atoms with Crippen LogP contribution in [-0.2, 0) is 4.74 Å². The number of rotatable bonds is 6. The van der Waals surface area contributed by atoms with Gasteiger partial charge in [-0.3, -0.25) is 0 Å². The molecule has 23 heavy (non-hydrogen) atoms. The van der Waals surface area contributed by atoms with Gasteiger partial charge in [0.25, 0.3) is 0 Å². The second-order valence-corrected chi connectivity index (χ2v) is 7.29. The van der Waals surface area contributed by atoms with E-state index in [2.05, 4.69) is 22.1 Å². The first-order valence-corrected chi connectivity index (χ1v) is 8.51. The van der Waals surface area contributed by atoms with Crippen molar-refractivity contribution in [2.45, 2.75) is 65.0 Å². The molecule has 0 atom stereocenters. The second-order valence-electron chi connectivity index (χ2n) is 7.29. The lowest BCUT2D eigenvalue weighted by atomic mass is 9.93. The smallest absolute Gasteiger partial charge is 0.338 e. The van der Waals surface area contributed by atoms with Crippen molar-refractivity contribution < 1.29 is 9.53 Å². The highest BCUT2D eigenvalue weighted by Gasteiger charge is 2.22. The Labute approximate surface area is 139 Å². The number of nitrogens with one attached hydrogen (secondary N) is 1. The summed E-state index contributed by atoms with van der Waals surface area (Å²) in [6.45, 7) is 8.66. The van der Waals surface area contributed by atoms with Gasteiger partial charge in [0.1, 0.15) is 17.2 Å². The Bertz CT molecular complexity index is 548. The van der Waals surface area contributed by atoms with E-state index in [1.807, 2.05) is 33.9 Å². The van der Waals surface area contributed by atoms with Gasteiger partial charge in [0.15, 0.2) is 0 Å². The molecular weight excluding hydrogens is 290 g/mol. The van der Waals surface area contributed by atoms with Crippen molar-refractivity contribution in [3.63, 3.8) is 0 Å². The minimum Gasteiger partial charge on any atom is -0.456 e. The number of carbonyl (C=O) groups excluding carboxylic acids is 1. The van der Waals surface area contributed by atoms with E-state index in [9.17, 15) is 4.79 Å². The molecule has 1 N–H and O–H groups in total. The van der Waals surface area contributed by atoms with Crippen molar-refractivity contribution in [3.05, 3.63) is 17.7 Å². The predicted octanol–water partition coefficient (Wildman–Crippen LogP) is 3.85. The molecule has 1 heterocycles. The van der Waals surface area contributed by atoms with Crippen molar-refractivity contribution in [2.75, 3.05) is 23.8 Å². The normalized spacial score (nSPS) is 15.0. The number of ether oxygens (including phenoxy) is 1. The van der Waals surface area contributed by atoms with Gasteiger partial charge < -0.3 is 15.0 Å². The quantitative estimate of drug-likeness (QED) is 0.807. The number of pyridine rings is 1. The number of aromatic nitrogens is 1. The summed E-state index contributed by atoms with van der Waals surface area (Å²) in [6, 6.07) is 4.09. The molecule has 1 fully saturated rings. The SMILES string of the molecule is CCCN(C)c1cc(C(=O)OC(C)(C)C)cc(NC2CCC2)n1. The number of anilines is 2. The van der Waals surface area contributed by atoms with Gasteiger partial charge in [-0.2, -0.15) is 0 Å². The number of esters is 1. The fourth-order valence-electron chi connectivity index (χ4n) is 2.45. The Kier molecular flexibility index (Phi) is 5.50. The summed E-state index contributed by atoms with van der Waals surface area (Å²) in [5.74, 6) is 1.26. The fourth-order valence-corrected chi connectivity index (χ4v) is 2.45. The maximum Gasteiger partial charge on any atom is 0.338 e. The Morgan fingerprint density at radius 2 is 2.09 bits per heavy atom. The van der Waals surface area contributed by atoms with Crippen molar-refractivity contribution in [1.82, 2.24) is 4.98 Å². The van der Waals surface area contributed by atoms with Crippen molar-refractivity contribution in [3.8, 4) is 0 Å². The minimum atomic E-state index is -0.503. The molecule has 128 valence electrons. The zero-order chi connectivity index (χ0) is 17.0. The van der Waals surface area contributed by atoms with E-state index in [4.69, 9.17) is 4.74 Å². The molecule has 5 heteroatoms. The van der Waals surface area contributed by atoms with Crippen LogP contribution in [0.4, 0.5) is 11.6 Å². The molecule has 1 aromatic rings. The largest absolute Gasteiger partial charge is 0.456 e. The van der Waals surface area contributed by atoms with Crippen LogP contribution < -0.4 is 10.2 Å². The fraction of sp³-hybridized carbons (Fsp3) is 0.667. The Balaban J connectivity index is 2.25. The summed E-state index contributed by atoms with van der Waals surface area (Å²) >= 11 is 0. The van der Waals surface area contributed by atoms with Crippen LogP contribution >= 0.6 is 0 Å². The molecule has 0 aliphatic heterocycles. The highest BCUT2D eigenvalue weighted by atomic mass is 16.6. The van der Waals surface area contributed by atoms with Gasteiger partial charge >= 0.3 is 5.97 Å². The van der Waals surface area contributed by atoms with Crippen molar-refractivity contribution in [2.24, 2.45) is 0 Å². The lowest BCUT2D eigenvalue weighted by Gasteiger charge is -2.28. The Hall–Kier alpha value is -1.78. The van der Waals surface area contributed by atoms with Gasteiger partial charge in [-0.25, -0.2) is 9.78 Å². The van der Waals surface area contributed by atoms with Crippen LogP contribution in [0, 0.1) is 0 Å². The highest BCUT2D eigenvalue weighted by molar-refractivity contribution is 5.91. The average Bonchev–Trinajstić information content (AvgIpc) is 2.41. The molecule has 2 rings (SSSR count). The Morgan fingerprint density at radius 3 is 2.61 bits per heavy atom. The number of hydrogen-bond donors (Lipinski definition) is 1. The third kappa shape index (κ3) is 5.12.